The first-order chi connectivity index (χ1) is 11.1. The molecule has 0 bridgehead atoms. The maximum atomic E-state index is 12.6. The van der Waals surface area contributed by atoms with Gasteiger partial charge in [-0.15, -0.1) is 0 Å². The summed E-state index contributed by atoms with van der Waals surface area (Å²) in [6, 6.07) is 5.23. The first-order valence-electron chi connectivity index (χ1n) is 8.25. The van der Waals surface area contributed by atoms with Crippen molar-refractivity contribution in [3.8, 4) is 0 Å². The van der Waals surface area contributed by atoms with Gasteiger partial charge in [-0.3, -0.25) is 9.69 Å². The SMILES string of the molecule is CC(C)[C@H]1C[C@H](CC(=O)O)CN(Cc2ccc(C(F)(F)F)cc2)C1. The van der Waals surface area contributed by atoms with Crippen LogP contribution in [0.25, 0.3) is 0 Å². The number of nitrogens with zero attached hydrogens (tertiary/aromatic N) is 1. The molecule has 134 valence electrons. The molecule has 1 saturated heterocycles. The molecular weight excluding hydrogens is 319 g/mol. The second-order valence-corrected chi connectivity index (χ2v) is 7.09. The molecule has 2 rings (SSSR count). The van der Waals surface area contributed by atoms with Crippen LogP contribution >= 0.6 is 0 Å². The van der Waals surface area contributed by atoms with E-state index in [1.807, 2.05) is 0 Å². The van der Waals surface area contributed by atoms with Gasteiger partial charge >= 0.3 is 12.1 Å². The number of piperidine rings is 1. The molecule has 3 nitrogen and oxygen atoms in total. The molecule has 2 atom stereocenters. The zero-order valence-electron chi connectivity index (χ0n) is 14.0. The number of halogens is 3. The highest BCUT2D eigenvalue weighted by Crippen LogP contribution is 2.31. The molecule has 1 heterocycles. The number of likely N-dealkylation sites (tertiary alicyclic amines) is 1. The molecule has 0 aromatic heterocycles. The first kappa shape index (κ1) is 18.8. The molecule has 1 aliphatic rings. The Morgan fingerprint density at radius 3 is 2.38 bits per heavy atom. The molecule has 1 N–H and O–H groups in total. The minimum atomic E-state index is -4.32. The van der Waals surface area contributed by atoms with Gasteiger partial charge in [0.05, 0.1) is 5.56 Å². The van der Waals surface area contributed by atoms with Gasteiger partial charge in [0, 0.05) is 26.1 Å². The van der Waals surface area contributed by atoms with E-state index in [2.05, 4.69) is 18.7 Å². The van der Waals surface area contributed by atoms with Gasteiger partial charge in [0.15, 0.2) is 0 Å². The summed E-state index contributed by atoms with van der Waals surface area (Å²) in [4.78, 5) is 13.2. The number of aliphatic carboxylic acids is 1. The zero-order chi connectivity index (χ0) is 17.9. The maximum absolute atomic E-state index is 12.6. The van der Waals surface area contributed by atoms with Crippen molar-refractivity contribution in [3.05, 3.63) is 35.4 Å². The summed E-state index contributed by atoms with van der Waals surface area (Å²) < 4.78 is 37.9. The lowest BCUT2D eigenvalue weighted by Gasteiger charge is -2.39. The van der Waals surface area contributed by atoms with E-state index in [4.69, 9.17) is 5.11 Å². The Balaban J connectivity index is 2.05. The fourth-order valence-corrected chi connectivity index (χ4v) is 3.41. The Morgan fingerprint density at radius 1 is 1.25 bits per heavy atom. The minimum Gasteiger partial charge on any atom is -0.481 e. The second kappa shape index (κ2) is 7.55. The molecule has 1 aliphatic heterocycles. The van der Waals surface area contributed by atoms with Crippen molar-refractivity contribution in [2.75, 3.05) is 13.1 Å². The lowest BCUT2D eigenvalue weighted by atomic mass is 9.81. The van der Waals surface area contributed by atoms with E-state index >= 15 is 0 Å². The Morgan fingerprint density at radius 2 is 1.88 bits per heavy atom. The van der Waals surface area contributed by atoms with Crippen LogP contribution < -0.4 is 0 Å². The van der Waals surface area contributed by atoms with Gasteiger partial charge in [0.1, 0.15) is 0 Å². The van der Waals surface area contributed by atoms with Gasteiger partial charge < -0.3 is 5.11 Å². The summed E-state index contributed by atoms with van der Waals surface area (Å²) in [6.07, 6.45) is -3.28. The summed E-state index contributed by atoms with van der Waals surface area (Å²) in [5.74, 6) is 0.172. The topological polar surface area (TPSA) is 40.5 Å². The number of carbonyl (C=O) groups is 1. The van der Waals surface area contributed by atoms with E-state index in [0.29, 0.717) is 24.9 Å². The van der Waals surface area contributed by atoms with Crippen molar-refractivity contribution in [1.82, 2.24) is 4.90 Å². The van der Waals surface area contributed by atoms with Crippen LogP contribution in [0, 0.1) is 17.8 Å². The van der Waals surface area contributed by atoms with E-state index in [0.717, 1.165) is 30.7 Å². The molecule has 1 fully saturated rings. The number of alkyl halides is 3. The molecule has 1 aromatic carbocycles. The molecule has 24 heavy (non-hydrogen) atoms. The normalized spacial score (nSPS) is 22.8. The van der Waals surface area contributed by atoms with Crippen molar-refractivity contribution in [2.45, 2.75) is 39.4 Å². The number of hydrogen-bond donors (Lipinski definition) is 1. The maximum Gasteiger partial charge on any atom is 0.416 e. The van der Waals surface area contributed by atoms with E-state index in [1.54, 1.807) is 0 Å². The predicted molar refractivity (Wildman–Crippen MR) is 85.4 cm³/mol. The van der Waals surface area contributed by atoms with Crippen LogP contribution in [0.1, 0.15) is 37.8 Å². The highest BCUT2D eigenvalue weighted by Gasteiger charge is 2.31. The van der Waals surface area contributed by atoms with E-state index in [-0.39, 0.29) is 12.3 Å². The summed E-state index contributed by atoms with van der Waals surface area (Å²) in [5, 5.41) is 9.05. The van der Waals surface area contributed by atoms with Crippen LogP contribution in [0.3, 0.4) is 0 Å². The minimum absolute atomic E-state index is 0.0955. The van der Waals surface area contributed by atoms with Gasteiger partial charge in [-0.05, 0) is 41.9 Å². The second-order valence-electron chi connectivity index (χ2n) is 7.09. The third kappa shape index (κ3) is 5.23. The Hall–Kier alpha value is -1.56. The van der Waals surface area contributed by atoms with Crippen LogP contribution in [-0.2, 0) is 17.5 Å². The lowest BCUT2D eigenvalue weighted by Crippen LogP contribution is -2.42. The van der Waals surface area contributed by atoms with Crippen LogP contribution in [0.5, 0.6) is 0 Å². The van der Waals surface area contributed by atoms with E-state index in [9.17, 15) is 18.0 Å². The summed E-state index contributed by atoms with van der Waals surface area (Å²) in [5.41, 5.74) is 0.176. The smallest absolute Gasteiger partial charge is 0.416 e. The van der Waals surface area contributed by atoms with Crippen molar-refractivity contribution in [1.29, 1.82) is 0 Å². The van der Waals surface area contributed by atoms with Gasteiger partial charge in [0.25, 0.3) is 0 Å². The molecule has 0 spiro atoms. The quantitative estimate of drug-likeness (QED) is 0.868. The number of benzene rings is 1. The first-order valence-corrected chi connectivity index (χ1v) is 8.25. The monoisotopic (exact) mass is 343 g/mol. The number of rotatable bonds is 5. The molecule has 0 radical (unpaired) electrons. The molecule has 6 heteroatoms. The highest BCUT2D eigenvalue weighted by atomic mass is 19.4. The number of hydrogen-bond acceptors (Lipinski definition) is 2. The van der Waals surface area contributed by atoms with Gasteiger partial charge in [-0.2, -0.15) is 13.2 Å². The number of carboxylic acids is 1. The Labute approximate surface area is 140 Å². The Kier molecular flexibility index (Phi) is 5.91. The molecule has 0 amide bonds. The third-order valence-electron chi connectivity index (χ3n) is 4.74. The summed E-state index contributed by atoms with van der Waals surface area (Å²) >= 11 is 0. The van der Waals surface area contributed by atoms with Crippen LogP contribution in [0.2, 0.25) is 0 Å². The molecular formula is C18H24F3NO2. The third-order valence-corrected chi connectivity index (χ3v) is 4.74. The number of carboxylic acid groups (broad SMARTS) is 1. The average Bonchev–Trinajstić information content (AvgIpc) is 2.45. The van der Waals surface area contributed by atoms with Gasteiger partial charge in [-0.1, -0.05) is 26.0 Å². The van der Waals surface area contributed by atoms with Gasteiger partial charge in [-0.25, -0.2) is 0 Å². The fourth-order valence-electron chi connectivity index (χ4n) is 3.41. The zero-order valence-corrected chi connectivity index (χ0v) is 14.0. The van der Waals surface area contributed by atoms with Crippen molar-refractivity contribution in [3.63, 3.8) is 0 Å². The average molecular weight is 343 g/mol. The highest BCUT2D eigenvalue weighted by molar-refractivity contribution is 5.67. The molecule has 1 aromatic rings. The van der Waals surface area contributed by atoms with Crippen molar-refractivity contribution < 1.29 is 23.1 Å². The predicted octanol–water partition coefficient (Wildman–Crippen LogP) is 4.27. The van der Waals surface area contributed by atoms with Crippen molar-refractivity contribution in [2.24, 2.45) is 17.8 Å². The standard InChI is InChI=1S/C18H24F3NO2/c1-12(2)15-7-14(8-17(23)24)10-22(11-15)9-13-3-5-16(6-4-13)18(19,20)21/h3-6,12,14-15H,7-11H2,1-2H3,(H,23,24)/t14-,15+/m1/s1. The Bertz CT molecular complexity index is 554. The lowest BCUT2D eigenvalue weighted by molar-refractivity contribution is -0.139. The van der Waals surface area contributed by atoms with Crippen LogP contribution in [0.15, 0.2) is 24.3 Å². The van der Waals surface area contributed by atoms with E-state index in [1.165, 1.54) is 12.1 Å². The van der Waals surface area contributed by atoms with Crippen LogP contribution in [-0.4, -0.2) is 29.1 Å². The fraction of sp³-hybridized carbons (Fsp3) is 0.611. The largest absolute Gasteiger partial charge is 0.481 e. The van der Waals surface area contributed by atoms with Crippen LogP contribution in [0.4, 0.5) is 13.2 Å². The molecule has 0 aliphatic carbocycles. The molecule has 0 saturated carbocycles. The summed E-state index contributed by atoms with van der Waals surface area (Å²) in [6.45, 7) is 6.34. The van der Waals surface area contributed by atoms with E-state index < -0.39 is 17.7 Å². The van der Waals surface area contributed by atoms with Crippen molar-refractivity contribution >= 4 is 5.97 Å². The van der Waals surface area contributed by atoms with Gasteiger partial charge in [0.2, 0.25) is 0 Å². The molecule has 0 unspecified atom stereocenters. The summed E-state index contributed by atoms with van der Waals surface area (Å²) in [7, 11) is 0.